The molecule has 3 nitrogen and oxygen atoms in total. The van der Waals surface area contributed by atoms with Crippen molar-refractivity contribution in [2.75, 3.05) is 5.73 Å². The first kappa shape index (κ1) is 11.0. The number of rotatable bonds is 1. The lowest BCUT2D eigenvalue weighted by Gasteiger charge is -2.26. The highest BCUT2D eigenvalue weighted by Crippen LogP contribution is 2.36. The summed E-state index contributed by atoms with van der Waals surface area (Å²) in [7, 11) is 0. The number of anilines is 1. The molecule has 17 heavy (non-hydrogen) atoms. The number of aryl methyl sites for hydroxylation is 1. The molecule has 0 amide bonds. The lowest BCUT2D eigenvalue weighted by molar-refractivity contribution is 0.335. The van der Waals surface area contributed by atoms with Gasteiger partial charge >= 0.3 is 0 Å². The Labute approximate surface area is 103 Å². The van der Waals surface area contributed by atoms with E-state index in [1.165, 1.54) is 43.4 Å². The first-order valence-electron chi connectivity index (χ1n) is 6.89. The minimum absolute atomic E-state index is 0.548. The van der Waals surface area contributed by atoms with Gasteiger partial charge in [-0.25, -0.2) is 9.97 Å². The van der Waals surface area contributed by atoms with Gasteiger partial charge in [-0.05, 0) is 38.0 Å². The summed E-state index contributed by atoms with van der Waals surface area (Å²) in [5.74, 6) is 3.13. The second-order valence-electron chi connectivity index (χ2n) is 5.71. The monoisotopic (exact) mass is 231 g/mol. The number of nitrogens with two attached hydrogens (primary N) is 1. The molecule has 1 heterocycles. The lowest BCUT2D eigenvalue weighted by atomic mass is 9.82. The van der Waals surface area contributed by atoms with E-state index in [1.54, 1.807) is 0 Å². The van der Waals surface area contributed by atoms with Crippen LogP contribution in [0.15, 0.2) is 0 Å². The van der Waals surface area contributed by atoms with E-state index in [-0.39, 0.29) is 0 Å². The first-order valence-corrected chi connectivity index (χ1v) is 6.89. The molecule has 2 atom stereocenters. The standard InChI is InChI=1S/C14H21N3/c1-9-4-2-5-10(8-9)14-16-12-7-3-6-11(12)13(15)17-14/h9-10H,2-8H2,1H3,(H2,15,16,17). The van der Waals surface area contributed by atoms with E-state index in [4.69, 9.17) is 10.7 Å². The molecule has 0 saturated heterocycles. The van der Waals surface area contributed by atoms with Crippen molar-refractivity contribution in [2.24, 2.45) is 5.92 Å². The lowest BCUT2D eigenvalue weighted by Crippen LogP contribution is -2.16. The van der Waals surface area contributed by atoms with Crippen LogP contribution in [0.5, 0.6) is 0 Å². The van der Waals surface area contributed by atoms with Crippen molar-refractivity contribution < 1.29 is 0 Å². The molecule has 92 valence electrons. The van der Waals surface area contributed by atoms with Gasteiger partial charge in [0.25, 0.3) is 0 Å². The third-order valence-corrected chi connectivity index (χ3v) is 4.28. The van der Waals surface area contributed by atoms with Gasteiger partial charge in [-0.1, -0.05) is 19.8 Å². The van der Waals surface area contributed by atoms with Gasteiger partial charge in [-0.3, -0.25) is 0 Å². The van der Waals surface area contributed by atoms with Crippen molar-refractivity contribution in [3.8, 4) is 0 Å². The van der Waals surface area contributed by atoms with Gasteiger partial charge in [0, 0.05) is 17.2 Å². The summed E-state index contributed by atoms with van der Waals surface area (Å²) in [6, 6.07) is 0. The summed E-state index contributed by atoms with van der Waals surface area (Å²) in [4.78, 5) is 9.35. The first-order chi connectivity index (χ1) is 8.24. The topological polar surface area (TPSA) is 51.8 Å². The zero-order chi connectivity index (χ0) is 11.8. The average molecular weight is 231 g/mol. The van der Waals surface area contributed by atoms with E-state index >= 15 is 0 Å². The van der Waals surface area contributed by atoms with Crippen molar-refractivity contribution in [3.05, 3.63) is 17.1 Å². The number of nitrogens with zero attached hydrogens (tertiary/aromatic N) is 2. The molecule has 0 spiro atoms. The molecule has 3 heteroatoms. The Morgan fingerprint density at radius 1 is 1.12 bits per heavy atom. The molecule has 2 aliphatic rings. The summed E-state index contributed by atoms with van der Waals surface area (Å²) in [5.41, 5.74) is 8.51. The van der Waals surface area contributed by atoms with Gasteiger partial charge in [-0.2, -0.15) is 0 Å². The number of fused-ring (bicyclic) bond motifs is 1. The predicted molar refractivity (Wildman–Crippen MR) is 68.8 cm³/mol. The number of nitrogen functional groups attached to an aromatic ring is 1. The van der Waals surface area contributed by atoms with Crippen LogP contribution in [0.25, 0.3) is 0 Å². The van der Waals surface area contributed by atoms with Gasteiger partial charge in [0.05, 0.1) is 0 Å². The Hall–Kier alpha value is -1.12. The zero-order valence-corrected chi connectivity index (χ0v) is 10.6. The molecule has 1 aromatic rings. The summed E-state index contributed by atoms with van der Waals surface area (Å²) in [5, 5.41) is 0. The number of hydrogen-bond donors (Lipinski definition) is 1. The van der Waals surface area contributed by atoms with Gasteiger partial charge in [0.2, 0.25) is 0 Å². The molecule has 0 aromatic carbocycles. The fourth-order valence-corrected chi connectivity index (χ4v) is 3.33. The second kappa shape index (κ2) is 4.28. The Morgan fingerprint density at radius 2 is 2.00 bits per heavy atom. The molecule has 2 aliphatic carbocycles. The molecule has 2 N–H and O–H groups in total. The van der Waals surface area contributed by atoms with Crippen LogP contribution in [0.2, 0.25) is 0 Å². The molecule has 0 aliphatic heterocycles. The SMILES string of the molecule is CC1CCCC(c2nc(N)c3c(n2)CCC3)C1. The molecule has 2 unspecified atom stereocenters. The Morgan fingerprint density at radius 3 is 2.82 bits per heavy atom. The highest BCUT2D eigenvalue weighted by molar-refractivity contribution is 5.45. The fraction of sp³-hybridized carbons (Fsp3) is 0.714. The molecular weight excluding hydrogens is 210 g/mol. The van der Waals surface area contributed by atoms with Crippen LogP contribution in [0.4, 0.5) is 5.82 Å². The second-order valence-corrected chi connectivity index (χ2v) is 5.71. The smallest absolute Gasteiger partial charge is 0.134 e. The third kappa shape index (κ3) is 2.03. The van der Waals surface area contributed by atoms with Gasteiger partial charge < -0.3 is 5.73 Å². The van der Waals surface area contributed by atoms with Gasteiger partial charge in [0.15, 0.2) is 0 Å². The molecule has 0 radical (unpaired) electrons. The van der Waals surface area contributed by atoms with Crippen molar-refractivity contribution >= 4 is 5.82 Å². The van der Waals surface area contributed by atoms with Crippen molar-refractivity contribution in [2.45, 2.75) is 57.8 Å². The number of aromatic nitrogens is 2. The van der Waals surface area contributed by atoms with Crippen molar-refractivity contribution in [3.63, 3.8) is 0 Å². The molecule has 1 aromatic heterocycles. The van der Waals surface area contributed by atoms with Gasteiger partial charge in [0.1, 0.15) is 11.6 Å². The van der Waals surface area contributed by atoms with Crippen LogP contribution >= 0.6 is 0 Å². The molecule has 1 saturated carbocycles. The van der Waals surface area contributed by atoms with Crippen LogP contribution < -0.4 is 5.73 Å². The predicted octanol–water partition coefficient (Wildman–Crippen LogP) is 2.84. The minimum atomic E-state index is 0.548. The Balaban J connectivity index is 1.90. The summed E-state index contributed by atoms with van der Waals surface area (Å²) in [6.45, 7) is 2.34. The quantitative estimate of drug-likeness (QED) is 0.808. The largest absolute Gasteiger partial charge is 0.383 e. The molecular formula is C14H21N3. The van der Waals surface area contributed by atoms with E-state index in [0.29, 0.717) is 5.92 Å². The highest BCUT2D eigenvalue weighted by Gasteiger charge is 2.25. The van der Waals surface area contributed by atoms with E-state index in [9.17, 15) is 0 Å². The van der Waals surface area contributed by atoms with Crippen LogP contribution in [-0.4, -0.2) is 9.97 Å². The highest BCUT2D eigenvalue weighted by atomic mass is 15.0. The molecule has 3 rings (SSSR count). The van der Waals surface area contributed by atoms with E-state index in [1.807, 2.05) is 0 Å². The van der Waals surface area contributed by atoms with Crippen molar-refractivity contribution in [1.82, 2.24) is 9.97 Å². The third-order valence-electron chi connectivity index (χ3n) is 4.28. The minimum Gasteiger partial charge on any atom is -0.383 e. The average Bonchev–Trinajstić information content (AvgIpc) is 2.77. The summed E-state index contributed by atoms with van der Waals surface area (Å²) >= 11 is 0. The van der Waals surface area contributed by atoms with E-state index < -0.39 is 0 Å². The summed E-state index contributed by atoms with van der Waals surface area (Å²) < 4.78 is 0. The van der Waals surface area contributed by atoms with Crippen LogP contribution in [0, 0.1) is 5.92 Å². The van der Waals surface area contributed by atoms with Gasteiger partial charge in [-0.15, -0.1) is 0 Å². The van der Waals surface area contributed by atoms with E-state index in [2.05, 4.69) is 11.9 Å². The summed E-state index contributed by atoms with van der Waals surface area (Å²) in [6.07, 6.45) is 8.50. The Kier molecular flexibility index (Phi) is 2.77. The molecule has 0 bridgehead atoms. The molecule has 1 fully saturated rings. The van der Waals surface area contributed by atoms with Crippen molar-refractivity contribution in [1.29, 1.82) is 0 Å². The fourth-order valence-electron chi connectivity index (χ4n) is 3.33. The van der Waals surface area contributed by atoms with Crippen LogP contribution in [-0.2, 0) is 12.8 Å². The normalized spacial score (nSPS) is 28.1. The maximum Gasteiger partial charge on any atom is 0.134 e. The van der Waals surface area contributed by atoms with Crippen LogP contribution in [0.1, 0.15) is 62.0 Å². The van der Waals surface area contributed by atoms with E-state index in [0.717, 1.165) is 30.4 Å². The zero-order valence-electron chi connectivity index (χ0n) is 10.6. The Bertz CT molecular complexity index is 428. The van der Waals surface area contributed by atoms with Crippen LogP contribution in [0.3, 0.4) is 0 Å². The number of hydrogen-bond acceptors (Lipinski definition) is 3. The maximum atomic E-state index is 6.06. The maximum absolute atomic E-state index is 6.06.